The zero-order valence-electron chi connectivity index (χ0n) is 12.4. The Kier molecular flexibility index (Phi) is 3.88. The molecule has 0 saturated carbocycles. The second kappa shape index (κ2) is 5.97. The van der Waals surface area contributed by atoms with Gasteiger partial charge in [0.1, 0.15) is 12.1 Å². The van der Waals surface area contributed by atoms with Crippen LogP contribution in [0.2, 0.25) is 0 Å². The summed E-state index contributed by atoms with van der Waals surface area (Å²) in [5, 5.41) is 0. The van der Waals surface area contributed by atoms with Crippen molar-refractivity contribution in [2.75, 3.05) is 14.1 Å². The van der Waals surface area contributed by atoms with E-state index in [2.05, 4.69) is 52.6 Å². The van der Waals surface area contributed by atoms with Gasteiger partial charge >= 0.3 is 0 Å². The summed E-state index contributed by atoms with van der Waals surface area (Å²) >= 11 is 0. The van der Waals surface area contributed by atoms with E-state index in [1.807, 2.05) is 24.4 Å². The summed E-state index contributed by atoms with van der Waals surface area (Å²) in [5.74, 6) is 0.673. The zero-order valence-corrected chi connectivity index (χ0v) is 12.4. The Labute approximate surface area is 124 Å². The van der Waals surface area contributed by atoms with E-state index in [1.165, 1.54) is 5.69 Å². The summed E-state index contributed by atoms with van der Waals surface area (Å²) in [6, 6.07) is 14.3. The van der Waals surface area contributed by atoms with Crippen molar-refractivity contribution in [2.45, 2.75) is 13.2 Å². The van der Waals surface area contributed by atoms with Gasteiger partial charge in [0.2, 0.25) is 5.88 Å². The highest BCUT2D eigenvalue weighted by Gasteiger charge is 2.08. The third-order valence-corrected chi connectivity index (χ3v) is 3.33. The van der Waals surface area contributed by atoms with E-state index in [9.17, 15) is 0 Å². The van der Waals surface area contributed by atoms with Crippen LogP contribution in [0.4, 0.5) is 0 Å². The predicted molar refractivity (Wildman–Crippen MR) is 83.4 cm³/mol. The number of hydrogen-bond donors (Lipinski definition) is 0. The van der Waals surface area contributed by atoms with Gasteiger partial charge in [0, 0.05) is 24.6 Å². The van der Waals surface area contributed by atoms with Crippen molar-refractivity contribution < 1.29 is 4.74 Å². The molecule has 0 atom stereocenters. The molecule has 4 nitrogen and oxygen atoms in total. The van der Waals surface area contributed by atoms with Gasteiger partial charge in [0.05, 0.1) is 0 Å². The minimum absolute atomic E-state index is 0.529. The average Bonchev–Trinajstić information content (AvgIpc) is 2.89. The minimum Gasteiger partial charge on any atom is -0.471 e. The van der Waals surface area contributed by atoms with Crippen LogP contribution in [0.1, 0.15) is 11.3 Å². The minimum atomic E-state index is 0.529. The lowest BCUT2D eigenvalue weighted by molar-refractivity contribution is 0.296. The number of ether oxygens (including phenoxy) is 1. The van der Waals surface area contributed by atoms with Crippen LogP contribution in [0.5, 0.6) is 5.88 Å². The Balaban J connectivity index is 1.84. The highest BCUT2D eigenvalue weighted by Crippen LogP contribution is 2.21. The second-order valence-corrected chi connectivity index (χ2v) is 5.32. The van der Waals surface area contributed by atoms with Gasteiger partial charge in [-0.25, -0.2) is 4.98 Å². The van der Waals surface area contributed by atoms with Gasteiger partial charge in [-0.05, 0) is 31.8 Å². The second-order valence-electron chi connectivity index (χ2n) is 5.32. The van der Waals surface area contributed by atoms with E-state index in [-0.39, 0.29) is 0 Å². The van der Waals surface area contributed by atoms with Crippen molar-refractivity contribution in [3.05, 3.63) is 66.1 Å². The normalized spacial score (nSPS) is 11.2. The summed E-state index contributed by atoms with van der Waals surface area (Å²) < 4.78 is 8.01. The lowest BCUT2D eigenvalue weighted by atomic mass is 10.2. The van der Waals surface area contributed by atoms with Gasteiger partial charge < -0.3 is 14.0 Å². The average molecular weight is 281 g/mol. The van der Waals surface area contributed by atoms with Gasteiger partial charge in [-0.1, -0.05) is 30.3 Å². The maximum Gasteiger partial charge on any atom is 0.238 e. The lowest BCUT2D eigenvalue weighted by Gasteiger charge is -2.11. The van der Waals surface area contributed by atoms with E-state index >= 15 is 0 Å². The van der Waals surface area contributed by atoms with Crippen molar-refractivity contribution >= 4 is 5.52 Å². The number of hydrogen-bond acceptors (Lipinski definition) is 3. The molecule has 0 saturated heterocycles. The number of fused-ring (bicyclic) bond motifs is 1. The van der Waals surface area contributed by atoms with E-state index in [0.717, 1.165) is 17.6 Å². The van der Waals surface area contributed by atoms with Crippen molar-refractivity contribution in [1.82, 2.24) is 14.3 Å². The molecule has 2 heterocycles. The van der Waals surface area contributed by atoms with Crippen molar-refractivity contribution in [3.8, 4) is 5.88 Å². The monoisotopic (exact) mass is 281 g/mol. The van der Waals surface area contributed by atoms with E-state index in [0.29, 0.717) is 12.5 Å². The number of nitrogens with zero attached hydrogens (tertiary/aromatic N) is 3. The van der Waals surface area contributed by atoms with Crippen molar-refractivity contribution in [2.24, 2.45) is 0 Å². The Morgan fingerprint density at radius 3 is 2.67 bits per heavy atom. The molecule has 1 aromatic carbocycles. The van der Waals surface area contributed by atoms with Crippen LogP contribution in [-0.4, -0.2) is 28.4 Å². The summed E-state index contributed by atoms with van der Waals surface area (Å²) in [7, 11) is 4.13. The standard InChI is InChI=1S/C17H19N3O/c1-19(2)12-15-8-9-16-17(18-10-11-20(15)16)21-13-14-6-4-3-5-7-14/h3-11H,12-13H2,1-2H3. The van der Waals surface area contributed by atoms with Gasteiger partial charge in [-0.15, -0.1) is 0 Å². The molecule has 3 aromatic rings. The first-order valence-corrected chi connectivity index (χ1v) is 7.00. The largest absolute Gasteiger partial charge is 0.471 e. The molecule has 0 unspecified atom stereocenters. The first-order chi connectivity index (χ1) is 10.2. The van der Waals surface area contributed by atoms with E-state index in [4.69, 9.17) is 4.74 Å². The van der Waals surface area contributed by atoms with Crippen LogP contribution in [0.25, 0.3) is 5.52 Å². The van der Waals surface area contributed by atoms with Crippen molar-refractivity contribution in [1.29, 1.82) is 0 Å². The molecule has 0 aliphatic carbocycles. The molecule has 0 fully saturated rings. The molecule has 4 heteroatoms. The van der Waals surface area contributed by atoms with E-state index < -0.39 is 0 Å². The van der Waals surface area contributed by atoms with Gasteiger partial charge in [-0.2, -0.15) is 0 Å². The Morgan fingerprint density at radius 1 is 1.10 bits per heavy atom. The third kappa shape index (κ3) is 3.06. The fraction of sp³-hybridized carbons (Fsp3) is 0.235. The van der Waals surface area contributed by atoms with Gasteiger partial charge in [-0.3, -0.25) is 0 Å². The van der Waals surface area contributed by atoms with Crippen LogP contribution in [0.3, 0.4) is 0 Å². The first kappa shape index (κ1) is 13.6. The summed E-state index contributed by atoms with van der Waals surface area (Å²) in [6.45, 7) is 1.41. The molecule has 108 valence electrons. The first-order valence-electron chi connectivity index (χ1n) is 7.00. The molecule has 0 N–H and O–H groups in total. The smallest absolute Gasteiger partial charge is 0.238 e. The van der Waals surface area contributed by atoms with Crippen LogP contribution < -0.4 is 4.74 Å². The van der Waals surface area contributed by atoms with E-state index in [1.54, 1.807) is 6.20 Å². The fourth-order valence-corrected chi connectivity index (χ4v) is 2.36. The molecule has 2 aromatic heterocycles. The van der Waals surface area contributed by atoms with Crippen molar-refractivity contribution in [3.63, 3.8) is 0 Å². The van der Waals surface area contributed by atoms with Crippen LogP contribution in [0.15, 0.2) is 54.9 Å². The molecule has 3 rings (SSSR count). The number of rotatable bonds is 5. The molecule has 0 radical (unpaired) electrons. The topological polar surface area (TPSA) is 29.8 Å². The predicted octanol–water partition coefficient (Wildman–Crippen LogP) is 2.97. The summed E-state index contributed by atoms with van der Waals surface area (Å²) in [6.07, 6.45) is 3.76. The maximum atomic E-state index is 5.88. The Hall–Kier alpha value is -2.33. The third-order valence-electron chi connectivity index (χ3n) is 3.33. The molecular weight excluding hydrogens is 262 g/mol. The highest BCUT2D eigenvalue weighted by atomic mass is 16.5. The fourth-order valence-electron chi connectivity index (χ4n) is 2.36. The SMILES string of the molecule is CN(C)Cc1ccc2c(OCc3ccccc3)nccn12. The number of benzene rings is 1. The highest BCUT2D eigenvalue weighted by molar-refractivity contribution is 5.58. The van der Waals surface area contributed by atoms with Crippen LogP contribution in [-0.2, 0) is 13.2 Å². The summed E-state index contributed by atoms with van der Waals surface area (Å²) in [4.78, 5) is 6.50. The maximum absolute atomic E-state index is 5.88. The molecule has 0 bridgehead atoms. The Bertz CT molecular complexity index is 719. The van der Waals surface area contributed by atoms with Gasteiger partial charge in [0.15, 0.2) is 0 Å². The quantitative estimate of drug-likeness (QED) is 0.720. The molecule has 21 heavy (non-hydrogen) atoms. The number of aromatic nitrogens is 2. The Morgan fingerprint density at radius 2 is 1.90 bits per heavy atom. The molecule has 0 spiro atoms. The van der Waals surface area contributed by atoms with Gasteiger partial charge in [0.25, 0.3) is 0 Å². The molecule has 0 aliphatic rings. The molecule has 0 amide bonds. The lowest BCUT2D eigenvalue weighted by Crippen LogP contribution is -2.12. The summed E-state index contributed by atoms with van der Waals surface area (Å²) in [5.41, 5.74) is 3.37. The zero-order chi connectivity index (χ0) is 14.7. The molecule has 0 aliphatic heterocycles. The molecular formula is C17H19N3O. The van der Waals surface area contributed by atoms with Crippen LogP contribution >= 0.6 is 0 Å². The van der Waals surface area contributed by atoms with Crippen LogP contribution in [0, 0.1) is 0 Å².